The predicted octanol–water partition coefficient (Wildman–Crippen LogP) is 2.02. The van der Waals surface area contributed by atoms with Crippen LogP contribution < -0.4 is 4.90 Å². The lowest BCUT2D eigenvalue weighted by Gasteiger charge is -2.26. The third kappa shape index (κ3) is 2.29. The molecule has 1 atom stereocenters. The van der Waals surface area contributed by atoms with Crippen molar-refractivity contribution >= 4 is 23.4 Å². The smallest absolute Gasteiger partial charge is 0.254 e. The number of hydrogen-bond acceptors (Lipinski definition) is 5. The van der Waals surface area contributed by atoms with Gasteiger partial charge in [-0.05, 0) is 25.5 Å². The van der Waals surface area contributed by atoms with E-state index in [1.807, 2.05) is 16.3 Å². The lowest BCUT2D eigenvalue weighted by Crippen LogP contribution is -2.33. The van der Waals surface area contributed by atoms with Gasteiger partial charge in [0, 0.05) is 30.1 Å². The molecule has 1 aliphatic rings. The first-order valence-electron chi connectivity index (χ1n) is 6.78. The molecule has 2 aromatic rings. The Morgan fingerprint density at radius 1 is 1.47 bits per heavy atom. The van der Waals surface area contributed by atoms with E-state index < -0.39 is 0 Å². The van der Waals surface area contributed by atoms with Crippen LogP contribution in [0.2, 0.25) is 0 Å². The first-order chi connectivity index (χ1) is 9.33. The van der Waals surface area contributed by atoms with Gasteiger partial charge in [0.15, 0.2) is 0 Å². The maximum Gasteiger partial charge on any atom is 0.254 e. The Bertz CT molecular complexity index is 567. The van der Waals surface area contributed by atoms with Crippen molar-refractivity contribution in [2.45, 2.75) is 32.2 Å². The molecule has 0 amide bonds. The highest BCUT2D eigenvalue weighted by Crippen LogP contribution is 2.27. The summed E-state index contributed by atoms with van der Waals surface area (Å²) in [7, 11) is 0. The molecule has 0 aliphatic carbocycles. The summed E-state index contributed by atoms with van der Waals surface area (Å²) in [6.07, 6.45) is 7.21. The first kappa shape index (κ1) is 12.7. The molecule has 1 saturated heterocycles. The average Bonchev–Trinajstić information content (AvgIpc) is 3.06. The summed E-state index contributed by atoms with van der Waals surface area (Å²) >= 11 is 1.91. The van der Waals surface area contributed by atoms with Gasteiger partial charge in [-0.3, -0.25) is 0 Å². The van der Waals surface area contributed by atoms with E-state index in [4.69, 9.17) is 0 Å². The molecule has 102 valence electrons. The molecule has 0 bridgehead atoms. The lowest BCUT2D eigenvalue weighted by atomic mass is 10.2. The Labute approximate surface area is 117 Å². The average molecular weight is 277 g/mol. The van der Waals surface area contributed by atoms with Gasteiger partial charge in [-0.15, -0.1) is 0 Å². The Morgan fingerprint density at radius 2 is 2.37 bits per heavy atom. The molecule has 0 saturated carbocycles. The van der Waals surface area contributed by atoms with E-state index in [0.717, 1.165) is 24.5 Å². The fourth-order valence-corrected chi connectivity index (χ4v) is 3.46. The molecule has 3 heterocycles. The van der Waals surface area contributed by atoms with Crippen molar-refractivity contribution in [1.82, 2.24) is 19.6 Å². The number of aromatic nitrogens is 4. The molecular formula is C13H19N5S. The molecule has 1 fully saturated rings. The Balaban J connectivity index is 2.05. The van der Waals surface area contributed by atoms with E-state index in [-0.39, 0.29) is 0 Å². The minimum Gasteiger partial charge on any atom is -0.353 e. The van der Waals surface area contributed by atoms with Crippen molar-refractivity contribution in [3.05, 3.63) is 18.1 Å². The van der Waals surface area contributed by atoms with E-state index >= 15 is 0 Å². The molecule has 0 N–H and O–H groups in total. The van der Waals surface area contributed by atoms with Crippen molar-refractivity contribution < 1.29 is 0 Å². The second-order valence-corrected chi connectivity index (χ2v) is 5.79. The molecule has 1 aliphatic heterocycles. The monoisotopic (exact) mass is 277 g/mol. The molecule has 19 heavy (non-hydrogen) atoms. The quantitative estimate of drug-likeness (QED) is 0.855. The highest BCUT2D eigenvalue weighted by molar-refractivity contribution is 7.98. The van der Waals surface area contributed by atoms with Gasteiger partial charge in [-0.2, -0.15) is 26.4 Å². The van der Waals surface area contributed by atoms with Gasteiger partial charge in [0.05, 0.1) is 0 Å². The zero-order valence-electron chi connectivity index (χ0n) is 11.4. The van der Waals surface area contributed by atoms with E-state index in [1.165, 1.54) is 18.6 Å². The molecule has 0 aromatic carbocycles. The molecule has 2 aromatic heterocycles. The molecule has 0 spiro atoms. The van der Waals surface area contributed by atoms with Gasteiger partial charge < -0.3 is 4.90 Å². The van der Waals surface area contributed by atoms with Crippen LogP contribution in [0.15, 0.2) is 12.4 Å². The third-order valence-electron chi connectivity index (χ3n) is 3.68. The SMILES string of the molecule is CCc1cc(N2CCCC2CSC)n2ncnc2n1. The molecular weight excluding hydrogens is 258 g/mol. The predicted molar refractivity (Wildman–Crippen MR) is 78.9 cm³/mol. The van der Waals surface area contributed by atoms with Gasteiger partial charge in [-0.1, -0.05) is 6.92 Å². The highest BCUT2D eigenvalue weighted by atomic mass is 32.2. The number of hydrogen-bond donors (Lipinski definition) is 0. The lowest BCUT2D eigenvalue weighted by molar-refractivity contribution is 0.719. The number of nitrogens with zero attached hydrogens (tertiary/aromatic N) is 5. The summed E-state index contributed by atoms with van der Waals surface area (Å²) in [6.45, 7) is 3.23. The molecule has 5 nitrogen and oxygen atoms in total. The molecule has 6 heteroatoms. The third-order valence-corrected chi connectivity index (χ3v) is 4.40. The summed E-state index contributed by atoms with van der Waals surface area (Å²) in [4.78, 5) is 11.2. The Morgan fingerprint density at radius 3 is 3.16 bits per heavy atom. The number of rotatable bonds is 4. The van der Waals surface area contributed by atoms with Crippen molar-refractivity contribution in [2.75, 3.05) is 23.5 Å². The van der Waals surface area contributed by atoms with Crippen LogP contribution in [0, 0.1) is 0 Å². The summed E-state index contributed by atoms with van der Waals surface area (Å²) in [5, 5.41) is 4.33. The van der Waals surface area contributed by atoms with E-state index in [1.54, 1.807) is 6.33 Å². The van der Waals surface area contributed by atoms with Crippen molar-refractivity contribution in [3.8, 4) is 0 Å². The van der Waals surface area contributed by atoms with E-state index in [0.29, 0.717) is 11.8 Å². The standard InChI is InChI=1S/C13H19N5S/c1-3-10-7-12(18-13(16-10)14-9-15-18)17-6-4-5-11(17)8-19-2/h7,9,11H,3-6,8H2,1-2H3. The van der Waals surface area contributed by atoms with Crippen molar-refractivity contribution in [3.63, 3.8) is 0 Å². The van der Waals surface area contributed by atoms with Crippen LogP contribution in [0.25, 0.3) is 5.78 Å². The fourth-order valence-electron chi connectivity index (χ4n) is 2.73. The van der Waals surface area contributed by atoms with Crippen molar-refractivity contribution in [1.29, 1.82) is 0 Å². The second kappa shape index (κ2) is 5.36. The Hall–Kier alpha value is -1.30. The topological polar surface area (TPSA) is 46.3 Å². The fraction of sp³-hybridized carbons (Fsp3) is 0.615. The Kier molecular flexibility index (Phi) is 3.59. The van der Waals surface area contributed by atoms with Crippen LogP contribution in [0.4, 0.5) is 5.82 Å². The van der Waals surface area contributed by atoms with Gasteiger partial charge >= 0.3 is 0 Å². The maximum atomic E-state index is 4.51. The second-order valence-electron chi connectivity index (χ2n) is 4.88. The van der Waals surface area contributed by atoms with Gasteiger partial charge in [0.1, 0.15) is 12.1 Å². The van der Waals surface area contributed by atoms with Crippen LogP contribution in [0.5, 0.6) is 0 Å². The van der Waals surface area contributed by atoms with Gasteiger partial charge in [0.25, 0.3) is 5.78 Å². The molecule has 1 unspecified atom stereocenters. The van der Waals surface area contributed by atoms with Crippen molar-refractivity contribution in [2.24, 2.45) is 0 Å². The largest absolute Gasteiger partial charge is 0.353 e. The van der Waals surface area contributed by atoms with Gasteiger partial charge in [-0.25, -0.2) is 4.98 Å². The zero-order chi connectivity index (χ0) is 13.2. The minimum absolute atomic E-state index is 0.606. The van der Waals surface area contributed by atoms with Crippen LogP contribution in [-0.2, 0) is 6.42 Å². The van der Waals surface area contributed by atoms with Crippen LogP contribution in [0.3, 0.4) is 0 Å². The van der Waals surface area contributed by atoms with Crippen LogP contribution in [0.1, 0.15) is 25.5 Å². The molecule has 3 rings (SSSR count). The van der Waals surface area contributed by atoms with E-state index in [2.05, 4.69) is 39.2 Å². The number of fused-ring (bicyclic) bond motifs is 1. The summed E-state index contributed by atoms with van der Waals surface area (Å²) in [6, 6.07) is 2.77. The zero-order valence-corrected chi connectivity index (χ0v) is 12.2. The molecule has 0 radical (unpaired) electrons. The van der Waals surface area contributed by atoms with Crippen LogP contribution >= 0.6 is 11.8 Å². The van der Waals surface area contributed by atoms with Gasteiger partial charge in [0.2, 0.25) is 0 Å². The van der Waals surface area contributed by atoms with E-state index in [9.17, 15) is 0 Å². The number of aryl methyl sites for hydroxylation is 1. The summed E-state index contributed by atoms with van der Waals surface area (Å²) in [5.74, 6) is 3.03. The minimum atomic E-state index is 0.606. The number of anilines is 1. The summed E-state index contributed by atoms with van der Waals surface area (Å²) in [5.41, 5.74) is 1.09. The maximum absolute atomic E-state index is 4.51. The first-order valence-corrected chi connectivity index (χ1v) is 8.18. The number of thioether (sulfide) groups is 1. The summed E-state index contributed by atoms with van der Waals surface area (Å²) < 4.78 is 1.87. The van der Waals surface area contributed by atoms with Crippen LogP contribution in [-0.4, -0.2) is 44.2 Å². The highest BCUT2D eigenvalue weighted by Gasteiger charge is 2.26. The normalized spacial score (nSPS) is 19.5.